The number of hydrogen-bond acceptors (Lipinski definition) is 2. The Balaban J connectivity index is 1.83. The fourth-order valence-electron chi connectivity index (χ4n) is 1.41. The minimum absolute atomic E-state index is 0.672. The van der Waals surface area contributed by atoms with Crippen LogP contribution in [0.2, 0.25) is 0 Å². The van der Waals surface area contributed by atoms with Gasteiger partial charge in [0, 0.05) is 18.3 Å². The van der Waals surface area contributed by atoms with Gasteiger partial charge in [-0.1, -0.05) is 12.1 Å². The molecule has 1 aromatic carbocycles. The van der Waals surface area contributed by atoms with Crippen LogP contribution >= 0.6 is 0 Å². The highest BCUT2D eigenvalue weighted by Gasteiger charge is 1.96. The second-order valence-corrected chi connectivity index (χ2v) is 3.50. The van der Waals surface area contributed by atoms with Crippen LogP contribution in [0, 0.1) is 6.92 Å². The molecule has 1 aromatic heterocycles. The van der Waals surface area contributed by atoms with E-state index >= 15 is 0 Å². The molecule has 0 unspecified atom stereocenters. The van der Waals surface area contributed by atoms with Crippen molar-refractivity contribution in [1.29, 1.82) is 0 Å². The number of aryl methyl sites for hydroxylation is 1. The highest BCUT2D eigenvalue weighted by atomic mass is 16.5. The summed E-state index contributed by atoms with van der Waals surface area (Å²) in [5.41, 5.74) is 2.32. The average molecular weight is 202 g/mol. The molecule has 15 heavy (non-hydrogen) atoms. The van der Waals surface area contributed by atoms with Gasteiger partial charge in [0.15, 0.2) is 0 Å². The van der Waals surface area contributed by atoms with Gasteiger partial charge in [-0.3, -0.25) is 5.10 Å². The van der Waals surface area contributed by atoms with Crippen LogP contribution in [0.15, 0.2) is 36.5 Å². The predicted octanol–water partition coefficient (Wildman–Crippen LogP) is 2.34. The van der Waals surface area contributed by atoms with E-state index in [0.29, 0.717) is 6.61 Å². The summed E-state index contributed by atoms with van der Waals surface area (Å²) in [6, 6.07) is 10.0. The zero-order valence-corrected chi connectivity index (χ0v) is 8.73. The molecule has 1 heterocycles. The number of benzene rings is 1. The Hall–Kier alpha value is -1.77. The van der Waals surface area contributed by atoms with Gasteiger partial charge in [-0.2, -0.15) is 5.10 Å². The van der Waals surface area contributed by atoms with Crippen LogP contribution in [-0.2, 0) is 6.42 Å². The second kappa shape index (κ2) is 4.64. The van der Waals surface area contributed by atoms with E-state index in [1.54, 1.807) is 6.20 Å². The first kappa shape index (κ1) is 9.77. The summed E-state index contributed by atoms with van der Waals surface area (Å²) in [5.74, 6) is 0.925. The Kier molecular flexibility index (Phi) is 3.02. The van der Waals surface area contributed by atoms with Gasteiger partial charge in [0.2, 0.25) is 0 Å². The van der Waals surface area contributed by atoms with Crippen molar-refractivity contribution in [2.45, 2.75) is 13.3 Å². The number of nitrogens with zero attached hydrogens (tertiary/aromatic N) is 1. The summed E-state index contributed by atoms with van der Waals surface area (Å²) >= 11 is 0. The Morgan fingerprint density at radius 3 is 3.00 bits per heavy atom. The molecule has 0 aliphatic carbocycles. The first-order valence-corrected chi connectivity index (χ1v) is 5.02. The third kappa shape index (κ3) is 2.84. The molecular formula is C12H14N2O. The van der Waals surface area contributed by atoms with E-state index in [1.165, 1.54) is 5.56 Å². The average Bonchev–Trinajstić information content (AvgIpc) is 2.71. The molecule has 0 atom stereocenters. The molecule has 0 bridgehead atoms. The zero-order valence-electron chi connectivity index (χ0n) is 8.73. The Labute approximate surface area is 89.1 Å². The van der Waals surface area contributed by atoms with E-state index in [4.69, 9.17) is 4.74 Å². The predicted molar refractivity (Wildman–Crippen MR) is 59.0 cm³/mol. The molecule has 0 fully saturated rings. The topological polar surface area (TPSA) is 37.9 Å². The van der Waals surface area contributed by atoms with Gasteiger partial charge in [-0.15, -0.1) is 0 Å². The Bertz CT molecular complexity index is 409. The summed E-state index contributed by atoms with van der Waals surface area (Å²) in [4.78, 5) is 0. The summed E-state index contributed by atoms with van der Waals surface area (Å²) in [6.07, 6.45) is 2.61. The molecular weight excluding hydrogens is 188 g/mol. The molecule has 78 valence electrons. The highest BCUT2D eigenvalue weighted by molar-refractivity contribution is 5.27. The number of H-pyrrole nitrogens is 1. The minimum Gasteiger partial charge on any atom is -0.493 e. The lowest BCUT2D eigenvalue weighted by Crippen LogP contribution is -2.01. The lowest BCUT2D eigenvalue weighted by Gasteiger charge is -2.05. The maximum absolute atomic E-state index is 5.61. The van der Waals surface area contributed by atoms with Crippen molar-refractivity contribution in [2.24, 2.45) is 0 Å². The van der Waals surface area contributed by atoms with Crippen molar-refractivity contribution >= 4 is 0 Å². The molecule has 2 aromatic rings. The zero-order chi connectivity index (χ0) is 10.5. The number of nitrogens with one attached hydrogen (secondary N) is 1. The molecule has 0 aliphatic heterocycles. The van der Waals surface area contributed by atoms with Crippen LogP contribution in [-0.4, -0.2) is 16.8 Å². The van der Waals surface area contributed by atoms with Crippen LogP contribution in [0.4, 0.5) is 0 Å². The van der Waals surface area contributed by atoms with Crippen LogP contribution in [0.25, 0.3) is 0 Å². The Morgan fingerprint density at radius 2 is 2.27 bits per heavy atom. The van der Waals surface area contributed by atoms with Crippen molar-refractivity contribution in [3.05, 3.63) is 47.8 Å². The number of aromatic amines is 1. The first-order valence-electron chi connectivity index (χ1n) is 5.02. The smallest absolute Gasteiger partial charge is 0.119 e. The van der Waals surface area contributed by atoms with Gasteiger partial charge in [0.25, 0.3) is 0 Å². The van der Waals surface area contributed by atoms with Crippen molar-refractivity contribution in [3.8, 4) is 5.75 Å². The van der Waals surface area contributed by atoms with Crippen LogP contribution < -0.4 is 4.74 Å². The van der Waals surface area contributed by atoms with Gasteiger partial charge in [0.1, 0.15) is 5.75 Å². The van der Waals surface area contributed by atoms with E-state index in [9.17, 15) is 0 Å². The van der Waals surface area contributed by atoms with Gasteiger partial charge in [0.05, 0.1) is 6.61 Å². The summed E-state index contributed by atoms with van der Waals surface area (Å²) in [5, 5.41) is 6.79. The molecule has 0 radical (unpaired) electrons. The van der Waals surface area contributed by atoms with Gasteiger partial charge in [-0.25, -0.2) is 0 Å². The molecule has 3 nitrogen and oxygen atoms in total. The van der Waals surface area contributed by atoms with E-state index in [0.717, 1.165) is 17.9 Å². The number of ether oxygens (including phenoxy) is 1. The van der Waals surface area contributed by atoms with Crippen LogP contribution in [0.3, 0.4) is 0 Å². The molecule has 2 rings (SSSR count). The van der Waals surface area contributed by atoms with Crippen LogP contribution in [0.1, 0.15) is 11.3 Å². The fraction of sp³-hybridized carbons (Fsp3) is 0.250. The molecule has 3 heteroatoms. The third-order valence-electron chi connectivity index (χ3n) is 2.19. The minimum atomic E-state index is 0.672. The van der Waals surface area contributed by atoms with E-state index < -0.39 is 0 Å². The van der Waals surface area contributed by atoms with E-state index in [-0.39, 0.29) is 0 Å². The van der Waals surface area contributed by atoms with E-state index in [2.05, 4.69) is 23.2 Å². The van der Waals surface area contributed by atoms with Crippen molar-refractivity contribution in [1.82, 2.24) is 10.2 Å². The van der Waals surface area contributed by atoms with E-state index in [1.807, 2.05) is 24.3 Å². The number of aromatic nitrogens is 2. The molecule has 0 spiro atoms. The largest absolute Gasteiger partial charge is 0.493 e. The first-order chi connectivity index (χ1) is 7.34. The van der Waals surface area contributed by atoms with Crippen LogP contribution in [0.5, 0.6) is 5.75 Å². The second-order valence-electron chi connectivity index (χ2n) is 3.50. The maximum Gasteiger partial charge on any atom is 0.119 e. The summed E-state index contributed by atoms with van der Waals surface area (Å²) in [7, 11) is 0. The SMILES string of the molecule is Cc1cccc(OCCc2ccn[nH]2)c1. The third-order valence-corrected chi connectivity index (χ3v) is 2.19. The number of rotatable bonds is 4. The quantitative estimate of drug-likeness (QED) is 0.826. The summed E-state index contributed by atoms with van der Waals surface area (Å²) < 4.78 is 5.61. The van der Waals surface area contributed by atoms with Crippen molar-refractivity contribution in [3.63, 3.8) is 0 Å². The fourth-order valence-corrected chi connectivity index (χ4v) is 1.41. The van der Waals surface area contributed by atoms with Gasteiger partial charge in [-0.05, 0) is 30.7 Å². The highest BCUT2D eigenvalue weighted by Crippen LogP contribution is 2.12. The maximum atomic E-state index is 5.61. The lowest BCUT2D eigenvalue weighted by molar-refractivity contribution is 0.320. The van der Waals surface area contributed by atoms with Gasteiger partial charge >= 0.3 is 0 Å². The molecule has 1 N–H and O–H groups in total. The Morgan fingerprint density at radius 1 is 1.33 bits per heavy atom. The van der Waals surface area contributed by atoms with Crippen molar-refractivity contribution < 1.29 is 4.74 Å². The summed E-state index contributed by atoms with van der Waals surface area (Å²) in [6.45, 7) is 2.73. The van der Waals surface area contributed by atoms with Gasteiger partial charge < -0.3 is 4.74 Å². The lowest BCUT2D eigenvalue weighted by atomic mass is 10.2. The monoisotopic (exact) mass is 202 g/mol. The standard InChI is InChI=1S/C12H14N2O/c1-10-3-2-4-12(9-10)15-8-6-11-5-7-13-14-11/h2-5,7,9H,6,8H2,1H3,(H,13,14). The normalized spacial score (nSPS) is 10.2. The molecule has 0 saturated carbocycles. The molecule has 0 saturated heterocycles. The molecule has 0 aliphatic rings. The molecule has 0 amide bonds. The van der Waals surface area contributed by atoms with Crippen molar-refractivity contribution in [2.75, 3.05) is 6.61 Å². The number of hydrogen-bond donors (Lipinski definition) is 1.